The van der Waals surface area contributed by atoms with Gasteiger partial charge in [-0.15, -0.1) is 0 Å². The lowest BCUT2D eigenvalue weighted by atomic mass is 10.0. The first-order chi connectivity index (χ1) is 8.94. The van der Waals surface area contributed by atoms with Crippen LogP contribution in [0.2, 0.25) is 10.0 Å². The predicted molar refractivity (Wildman–Crippen MR) is 79.5 cm³/mol. The van der Waals surface area contributed by atoms with Crippen LogP contribution in [0.1, 0.15) is 12.8 Å². The van der Waals surface area contributed by atoms with Gasteiger partial charge in [0, 0.05) is 10.0 Å². The van der Waals surface area contributed by atoms with E-state index >= 15 is 0 Å². The SMILES string of the molecule is O=S(=O)(CC1CCNCC1)Nc1cc(Cl)cc(Cl)c1. The fourth-order valence-electron chi connectivity index (χ4n) is 2.19. The Balaban J connectivity index is 2.03. The second kappa shape index (κ2) is 6.31. The van der Waals surface area contributed by atoms with Crippen LogP contribution in [0.5, 0.6) is 0 Å². The van der Waals surface area contributed by atoms with Crippen molar-refractivity contribution < 1.29 is 8.42 Å². The van der Waals surface area contributed by atoms with Crippen LogP contribution in [0.15, 0.2) is 18.2 Å². The summed E-state index contributed by atoms with van der Waals surface area (Å²) in [5, 5.41) is 4.03. The highest BCUT2D eigenvalue weighted by Crippen LogP contribution is 2.24. The van der Waals surface area contributed by atoms with Crippen molar-refractivity contribution in [3.05, 3.63) is 28.2 Å². The molecule has 1 aromatic rings. The first kappa shape index (κ1) is 14.9. The van der Waals surface area contributed by atoms with Gasteiger partial charge in [0.25, 0.3) is 0 Å². The minimum Gasteiger partial charge on any atom is -0.317 e. The molecule has 1 aliphatic rings. The van der Waals surface area contributed by atoms with E-state index in [1.165, 1.54) is 0 Å². The summed E-state index contributed by atoms with van der Waals surface area (Å²) in [6, 6.07) is 4.66. The zero-order valence-electron chi connectivity index (χ0n) is 10.3. The topological polar surface area (TPSA) is 58.2 Å². The molecule has 0 unspecified atom stereocenters. The molecule has 4 nitrogen and oxygen atoms in total. The summed E-state index contributed by atoms with van der Waals surface area (Å²) in [6.45, 7) is 1.76. The molecule has 0 radical (unpaired) electrons. The molecule has 0 atom stereocenters. The van der Waals surface area contributed by atoms with Crippen LogP contribution >= 0.6 is 23.2 Å². The summed E-state index contributed by atoms with van der Waals surface area (Å²) in [5.41, 5.74) is 0.409. The summed E-state index contributed by atoms with van der Waals surface area (Å²) in [5.74, 6) is 0.340. The van der Waals surface area contributed by atoms with Crippen molar-refractivity contribution in [3.8, 4) is 0 Å². The fraction of sp³-hybridized carbons (Fsp3) is 0.500. The van der Waals surface area contributed by atoms with Gasteiger partial charge >= 0.3 is 0 Å². The Morgan fingerprint density at radius 2 is 1.74 bits per heavy atom. The molecular weight excluding hydrogens is 307 g/mol. The van der Waals surface area contributed by atoms with Crippen LogP contribution in [-0.4, -0.2) is 27.3 Å². The van der Waals surface area contributed by atoms with Gasteiger partial charge in [0.15, 0.2) is 0 Å². The molecule has 1 aliphatic heterocycles. The second-order valence-corrected chi connectivity index (χ2v) is 7.37. The van der Waals surface area contributed by atoms with Crippen molar-refractivity contribution in [2.75, 3.05) is 23.6 Å². The Morgan fingerprint density at radius 3 is 2.32 bits per heavy atom. The second-order valence-electron chi connectivity index (χ2n) is 4.73. The van der Waals surface area contributed by atoms with Gasteiger partial charge in [-0.1, -0.05) is 23.2 Å². The zero-order valence-corrected chi connectivity index (χ0v) is 12.7. The van der Waals surface area contributed by atoms with Crippen LogP contribution < -0.4 is 10.0 Å². The van der Waals surface area contributed by atoms with Gasteiger partial charge in [-0.3, -0.25) is 4.72 Å². The minimum absolute atomic E-state index is 0.138. The highest BCUT2D eigenvalue weighted by molar-refractivity contribution is 7.92. The maximum Gasteiger partial charge on any atom is 0.232 e. The van der Waals surface area contributed by atoms with Gasteiger partial charge < -0.3 is 5.32 Å². The van der Waals surface area contributed by atoms with Gasteiger partial charge in [0.05, 0.1) is 11.4 Å². The highest BCUT2D eigenvalue weighted by atomic mass is 35.5. The molecule has 0 bridgehead atoms. The smallest absolute Gasteiger partial charge is 0.232 e. The van der Waals surface area contributed by atoms with Crippen molar-refractivity contribution in [1.82, 2.24) is 5.32 Å². The Kier molecular flexibility index (Phi) is 4.95. The van der Waals surface area contributed by atoms with E-state index in [0.717, 1.165) is 25.9 Å². The van der Waals surface area contributed by atoms with Crippen LogP contribution in [0, 0.1) is 5.92 Å². The van der Waals surface area contributed by atoms with Crippen molar-refractivity contribution in [2.24, 2.45) is 5.92 Å². The van der Waals surface area contributed by atoms with E-state index in [1.54, 1.807) is 18.2 Å². The quantitative estimate of drug-likeness (QED) is 0.896. The van der Waals surface area contributed by atoms with E-state index in [0.29, 0.717) is 15.7 Å². The Hall–Kier alpha value is -0.490. The first-order valence-corrected chi connectivity index (χ1v) is 8.53. The number of halogens is 2. The standard InChI is InChI=1S/C12H16Cl2N2O2S/c13-10-5-11(14)7-12(6-10)16-19(17,18)8-9-1-3-15-4-2-9/h5-7,9,15-16H,1-4,8H2. The van der Waals surface area contributed by atoms with E-state index < -0.39 is 10.0 Å². The van der Waals surface area contributed by atoms with E-state index in [-0.39, 0.29) is 11.7 Å². The lowest BCUT2D eigenvalue weighted by molar-refractivity contribution is 0.402. The molecule has 7 heteroatoms. The number of hydrogen-bond acceptors (Lipinski definition) is 3. The maximum absolute atomic E-state index is 12.1. The van der Waals surface area contributed by atoms with E-state index in [4.69, 9.17) is 23.2 Å². The average Bonchev–Trinajstić information content (AvgIpc) is 2.27. The fourth-order valence-corrected chi connectivity index (χ4v) is 4.23. The van der Waals surface area contributed by atoms with Gasteiger partial charge in [0.2, 0.25) is 10.0 Å². The van der Waals surface area contributed by atoms with Crippen molar-refractivity contribution in [3.63, 3.8) is 0 Å². The molecular formula is C12H16Cl2N2O2S. The van der Waals surface area contributed by atoms with E-state index in [2.05, 4.69) is 10.0 Å². The number of hydrogen-bond donors (Lipinski definition) is 2. The number of sulfonamides is 1. The maximum atomic E-state index is 12.1. The van der Waals surface area contributed by atoms with E-state index in [1.807, 2.05) is 0 Å². The molecule has 1 saturated heterocycles. The third kappa shape index (κ3) is 4.84. The number of anilines is 1. The average molecular weight is 323 g/mol. The highest BCUT2D eigenvalue weighted by Gasteiger charge is 2.21. The molecule has 0 spiro atoms. The van der Waals surface area contributed by atoms with Crippen molar-refractivity contribution >= 4 is 38.9 Å². The largest absolute Gasteiger partial charge is 0.317 e. The lowest BCUT2D eigenvalue weighted by Crippen LogP contribution is -2.33. The number of rotatable bonds is 4. The number of benzene rings is 1. The molecule has 1 aromatic carbocycles. The first-order valence-electron chi connectivity index (χ1n) is 6.12. The summed E-state index contributed by atoms with van der Waals surface area (Å²) in [7, 11) is -3.36. The molecule has 0 aliphatic carbocycles. The van der Waals surface area contributed by atoms with E-state index in [9.17, 15) is 8.42 Å². The Labute approximate surface area is 123 Å². The lowest BCUT2D eigenvalue weighted by Gasteiger charge is -2.22. The number of piperidine rings is 1. The Morgan fingerprint density at radius 1 is 1.16 bits per heavy atom. The number of nitrogens with one attached hydrogen (secondary N) is 2. The van der Waals surface area contributed by atoms with Crippen molar-refractivity contribution in [1.29, 1.82) is 0 Å². The van der Waals surface area contributed by atoms with Gasteiger partial charge in [-0.25, -0.2) is 8.42 Å². The molecule has 2 N–H and O–H groups in total. The normalized spacial score (nSPS) is 17.4. The summed E-state index contributed by atoms with van der Waals surface area (Å²) >= 11 is 11.7. The van der Waals surface area contributed by atoms with Crippen LogP contribution in [0.3, 0.4) is 0 Å². The Bertz CT molecular complexity index is 522. The van der Waals surface area contributed by atoms with Crippen LogP contribution in [0.4, 0.5) is 5.69 Å². The monoisotopic (exact) mass is 322 g/mol. The molecule has 106 valence electrons. The van der Waals surface area contributed by atoms with Gasteiger partial charge in [0.1, 0.15) is 0 Å². The van der Waals surface area contributed by atoms with Gasteiger partial charge in [-0.2, -0.15) is 0 Å². The van der Waals surface area contributed by atoms with Gasteiger partial charge in [-0.05, 0) is 50.0 Å². The summed E-state index contributed by atoms with van der Waals surface area (Å²) in [6.07, 6.45) is 1.77. The molecule has 19 heavy (non-hydrogen) atoms. The van der Waals surface area contributed by atoms with Crippen molar-refractivity contribution in [2.45, 2.75) is 12.8 Å². The molecule has 2 rings (SSSR count). The summed E-state index contributed by atoms with van der Waals surface area (Å²) < 4.78 is 26.7. The molecule has 0 saturated carbocycles. The molecule has 0 amide bonds. The molecule has 1 heterocycles. The molecule has 0 aromatic heterocycles. The summed E-state index contributed by atoms with van der Waals surface area (Å²) in [4.78, 5) is 0. The third-order valence-corrected chi connectivity index (χ3v) is 4.94. The van der Waals surface area contributed by atoms with Crippen LogP contribution in [-0.2, 0) is 10.0 Å². The predicted octanol–water partition coefficient (Wildman–Crippen LogP) is 2.73. The minimum atomic E-state index is -3.36. The third-order valence-electron chi connectivity index (χ3n) is 3.05. The zero-order chi connectivity index (χ0) is 13.9. The van der Waals surface area contributed by atoms with Crippen LogP contribution in [0.25, 0.3) is 0 Å². The molecule has 1 fully saturated rings.